The summed E-state index contributed by atoms with van der Waals surface area (Å²) in [4.78, 5) is 42.4. The van der Waals surface area contributed by atoms with Crippen molar-refractivity contribution in [1.29, 1.82) is 0 Å². The number of aliphatic hydroxyl groups excluding tert-OH is 1. The Labute approximate surface area is 272 Å². The molecule has 0 heterocycles. The van der Waals surface area contributed by atoms with E-state index in [1.165, 1.54) is 19.3 Å². The number of hydrogen-bond donors (Lipinski definition) is 3. The molecule has 0 aromatic heterocycles. The third-order valence-corrected chi connectivity index (χ3v) is 7.32. The number of carbonyl (C=O) groups is 2. The Bertz CT molecular complexity index is 890. The maximum atomic E-state index is 12.3. The van der Waals surface area contributed by atoms with E-state index < -0.39 is 32.5 Å². The average molecular weight is 657 g/mol. The summed E-state index contributed by atoms with van der Waals surface area (Å²) < 4.78 is 26.1. The van der Waals surface area contributed by atoms with Crippen LogP contribution in [-0.2, 0) is 28.2 Å². The van der Waals surface area contributed by atoms with Gasteiger partial charge >= 0.3 is 19.8 Å². The van der Waals surface area contributed by atoms with Gasteiger partial charge in [0.05, 0.1) is 6.61 Å². The first-order valence-corrected chi connectivity index (χ1v) is 18.4. The van der Waals surface area contributed by atoms with E-state index in [-0.39, 0.29) is 26.1 Å². The number of phosphoric acid groups is 1. The van der Waals surface area contributed by atoms with Crippen molar-refractivity contribution < 1.29 is 43.0 Å². The molecule has 1 atom stereocenters. The van der Waals surface area contributed by atoms with Crippen molar-refractivity contribution in [3.05, 3.63) is 48.6 Å². The third-order valence-electron chi connectivity index (χ3n) is 6.83. The Morgan fingerprint density at radius 1 is 0.644 bits per heavy atom. The van der Waals surface area contributed by atoms with Crippen molar-refractivity contribution in [2.75, 3.05) is 19.8 Å². The first kappa shape index (κ1) is 43.0. The summed E-state index contributed by atoms with van der Waals surface area (Å²) in [6.07, 6.45) is 31.7. The Hall–Kier alpha value is -2.03. The van der Waals surface area contributed by atoms with Crippen molar-refractivity contribution in [3.63, 3.8) is 0 Å². The molecule has 0 spiro atoms. The van der Waals surface area contributed by atoms with E-state index in [0.29, 0.717) is 19.3 Å². The lowest BCUT2D eigenvalue weighted by Crippen LogP contribution is -2.29. The van der Waals surface area contributed by atoms with Gasteiger partial charge in [-0.3, -0.25) is 14.1 Å². The van der Waals surface area contributed by atoms with Gasteiger partial charge in [-0.15, -0.1) is 0 Å². The van der Waals surface area contributed by atoms with Crippen molar-refractivity contribution in [3.8, 4) is 0 Å². The van der Waals surface area contributed by atoms with E-state index in [4.69, 9.17) is 24.4 Å². The summed E-state index contributed by atoms with van der Waals surface area (Å²) in [5.41, 5.74) is 0. The van der Waals surface area contributed by atoms with Crippen LogP contribution >= 0.6 is 7.82 Å². The van der Waals surface area contributed by atoms with Gasteiger partial charge in [0.2, 0.25) is 0 Å². The molecule has 0 aliphatic heterocycles. The maximum Gasteiger partial charge on any atom is 0.469 e. The summed E-state index contributed by atoms with van der Waals surface area (Å²) in [5, 5.41) is 8.75. The van der Waals surface area contributed by atoms with Crippen LogP contribution in [0.5, 0.6) is 0 Å². The van der Waals surface area contributed by atoms with Crippen LogP contribution in [0, 0.1) is 5.92 Å². The third kappa shape index (κ3) is 34.7. The number of unbranched alkanes of at least 4 members (excludes halogenated alkanes) is 9. The van der Waals surface area contributed by atoms with E-state index in [1.54, 1.807) is 0 Å². The molecule has 45 heavy (non-hydrogen) atoms. The van der Waals surface area contributed by atoms with Crippen LogP contribution in [0.2, 0.25) is 0 Å². The fourth-order valence-corrected chi connectivity index (χ4v) is 4.65. The Morgan fingerprint density at radius 3 is 1.73 bits per heavy atom. The normalized spacial score (nSPS) is 13.2. The number of carbonyl (C=O) groups excluding carboxylic acids is 2. The van der Waals surface area contributed by atoms with Gasteiger partial charge in [-0.05, 0) is 63.7 Å². The summed E-state index contributed by atoms with van der Waals surface area (Å²) in [5.74, 6) is -0.255. The molecule has 10 heteroatoms. The van der Waals surface area contributed by atoms with E-state index in [1.807, 2.05) is 12.2 Å². The number of allylic oxidation sites excluding steroid dienone is 8. The van der Waals surface area contributed by atoms with Gasteiger partial charge in [0.25, 0.3) is 0 Å². The van der Waals surface area contributed by atoms with Crippen molar-refractivity contribution in [2.24, 2.45) is 5.92 Å². The van der Waals surface area contributed by atoms with Gasteiger partial charge in [0.1, 0.15) is 6.61 Å². The largest absolute Gasteiger partial charge is 0.469 e. The fraction of sp³-hybridized carbons (Fsp3) is 0.714. The molecule has 0 bridgehead atoms. The summed E-state index contributed by atoms with van der Waals surface area (Å²) in [6, 6.07) is 0. The Kier molecular flexibility index (Phi) is 29.2. The monoisotopic (exact) mass is 656 g/mol. The molecule has 0 aromatic rings. The molecule has 0 aromatic carbocycles. The number of ether oxygens (including phenoxy) is 2. The van der Waals surface area contributed by atoms with Crippen LogP contribution in [-0.4, -0.2) is 52.8 Å². The summed E-state index contributed by atoms with van der Waals surface area (Å²) in [6.45, 7) is 3.83. The van der Waals surface area contributed by atoms with Crippen LogP contribution < -0.4 is 0 Å². The van der Waals surface area contributed by atoms with Crippen LogP contribution in [0.4, 0.5) is 0 Å². The molecule has 0 aliphatic carbocycles. The van der Waals surface area contributed by atoms with E-state index >= 15 is 0 Å². The molecule has 9 nitrogen and oxygen atoms in total. The second-order valence-corrected chi connectivity index (χ2v) is 12.9. The highest BCUT2D eigenvalue weighted by Crippen LogP contribution is 2.35. The van der Waals surface area contributed by atoms with Gasteiger partial charge in [-0.1, -0.05) is 107 Å². The molecule has 0 fully saturated rings. The molecule has 0 rings (SSSR count). The smallest absolute Gasteiger partial charge is 0.462 e. The Morgan fingerprint density at radius 2 is 1.16 bits per heavy atom. The van der Waals surface area contributed by atoms with E-state index in [9.17, 15) is 14.2 Å². The molecule has 3 N–H and O–H groups in total. The predicted molar refractivity (Wildman–Crippen MR) is 180 cm³/mol. The molecule has 0 unspecified atom stereocenters. The number of phosphoric ester groups is 1. The highest BCUT2D eigenvalue weighted by Gasteiger charge is 2.22. The highest BCUT2D eigenvalue weighted by molar-refractivity contribution is 7.46. The molecule has 0 amide bonds. The standard InChI is InChI=1S/C35H61O9P/c1-32(2)26-22-18-15-16-20-24-28-35(38)44-33(31-43-45(39,40)41)30-42-34(37)27-23-19-14-12-10-8-6-4-3-5-7-9-11-13-17-21-25-29-36/h3,5-6,8-9,11-12,14,32-33,36H,4,7,10,13,15-31H2,1-2H3,(H2,39,40,41)/b5-3-,8-6-,11-9-,14-12-/t33-/m1/s1. The quantitative estimate of drug-likeness (QED) is 0.0301. The lowest BCUT2D eigenvalue weighted by molar-refractivity contribution is -0.161. The van der Waals surface area contributed by atoms with Gasteiger partial charge in [0, 0.05) is 19.4 Å². The summed E-state index contributed by atoms with van der Waals surface area (Å²) >= 11 is 0. The van der Waals surface area contributed by atoms with E-state index in [2.05, 4.69) is 54.8 Å². The second kappa shape index (κ2) is 30.6. The highest BCUT2D eigenvalue weighted by atomic mass is 31.2. The van der Waals surface area contributed by atoms with Crippen molar-refractivity contribution in [2.45, 2.75) is 136 Å². The first-order chi connectivity index (χ1) is 21.6. The predicted octanol–water partition coefficient (Wildman–Crippen LogP) is 8.45. The molecular weight excluding hydrogens is 595 g/mol. The van der Waals surface area contributed by atoms with Crippen LogP contribution in [0.15, 0.2) is 48.6 Å². The molecule has 0 aliphatic rings. The van der Waals surface area contributed by atoms with E-state index in [0.717, 1.165) is 70.1 Å². The van der Waals surface area contributed by atoms with Crippen LogP contribution in [0.1, 0.15) is 129 Å². The zero-order chi connectivity index (χ0) is 33.4. The van der Waals surface area contributed by atoms with Crippen molar-refractivity contribution >= 4 is 19.8 Å². The van der Waals surface area contributed by atoms with Gasteiger partial charge < -0.3 is 24.4 Å². The van der Waals surface area contributed by atoms with Gasteiger partial charge in [0.15, 0.2) is 6.10 Å². The molecule has 0 saturated heterocycles. The average Bonchev–Trinajstić information content (AvgIpc) is 2.98. The minimum absolute atomic E-state index is 0.180. The topological polar surface area (TPSA) is 140 Å². The lowest BCUT2D eigenvalue weighted by atomic mass is 10.0. The fourth-order valence-electron chi connectivity index (χ4n) is 4.29. The number of esters is 2. The van der Waals surface area contributed by atoms with Crippen LogP contribution in [0.25, 0.3) is 0 Å². The van der Waals surface area contributed by atoms with Crippen molar-refractivity contribution in [1.82, 2.24) is 0 Å². The molecule has 0 saturated carbocycles. The van der Waals surface area contributed by atoms with Gasteiger partial charge in [-0.2, -0.15) is 0 Å². The second-order valence-electron chi connectivity index (χ2n) is 11.7. The minimum atomic E-state index is -4.76. The zero-order valence-electron chi connectivity index (χ0n) is 27.9. The maximum absolute atomic E-state index is 12.3. The number of hydrogen-bond acceptors (Lipinski definition) is 7. The molecular formula is C35H61O9P. The number of aliphatic hydroxyl groups is 1. The summed E-state index contributed by atoms with van der Waals surface area (Å²) in [7, 11) is -4.76. The zero-order valence-corrected chi connectivity index (χ0v) is 28.8. The Balaban J connectivity index is 4.10. The minimum Gasteiger partial charge on any atom is -0.462 e. The molecule has 260 valence electrons. The van der Waals surface area contributed by atoms with Crippen LogP contribution in [0.3, 0.4) is 0 Å². The number of rotatable bonds is 30. The molecule has 0 radical (unpaired) electrons. The van der Waals surface area contributed by atoms with Gasteiger partial charge in [-0.25, -0.2) is 4.57 Å². The first-order valence-electron chi connectivity index (χ1n) is 16.9. The lowest BCUT2D eigenvalue weighted by Gasteiger charge is -2.18. The SMILES string of the molecule is CC(C)CCCCCCCCC(=O)O[C@H](COC(=O)CCC/C=C\C/C=C\C/C=C\C/C=C\CCCCCO)COP(=O)(O)O.